The van der Waals surface area contributed by atoms with Gasteiger partial charge in [0.2, 0.25) is 5.91 Å². The van der Waals surface area contributed by atoms with Crippen molar-refractivity contribution in [2.24, 2.45) is 0 Å². The van der Waals surface area contributed by atoms with E-state index in [-0.39, 0.29) is 6.54 Å². The molecule has 1 N–H and O–H groups in total. The van der Waals surface area contributed by atoms with E-state index in [4.69, 9.17) is 0 Å². The van der Waals surface area contributed by atoms with Crippen molar-refractivity contribution >= 4 is 5.91 Å². The Morgan fingerprint density at radius 3 is 2.35 bits per heavy atom. The molecule has 2 heterocycles. The zero-order chi connectivity index (χ0) is 16.9. The van der Waals surface area contributed by atoms with Gasteiger partial charge in [-0.05, 0) is 26.4 Å². The first-order chi connectivity index (χ1) is 10.8. The lowest BCUT2D eigenvalue weighted by molar-refractivity contribution is -0.139. The van der Waals surface area contributed by atoms with Crippen LogP contribution in [-0.2, 0) is 4.79 Å². The van der Waals surface area contributed by atoms with Crippen LogP contribution in [0.15, 0.2) is 0 Å². The van der Waals surface area contributed by atoms with Crippen molar-refractivity contribution in [2.75, 3.05) is 59.4 Å². The van der Waals surface area contributed by atoms with Gasteiger partial charge in [0.15, 0.2) is 0 Å². The van der Waals surface area contributed by atoms with Gasteiger partial charge in [0.25, 0.3) is 0 Å². The van der Waals surface area contributed by atoms with Crippen molar-refractivity contribution in [3.63, 3.8) is 0 Å². The van der Waals surface area contributed by atoms with Crippen LogP contribution in [0.1, 0.15) is 19.3 Å². The number of rotatable bonds is 5. The van der Waals surface area contributed by atoms with E-state index in [0.29, 0.717) is 6.04 Å². The van der Waals surface area contributed by atoms with Gasteiger partial charge in [-0.25, -0.2) is 0 Å². The monoisotopic (exact) mass is 336 g/mol. The second kappa shape index (κ2) is 8.30. The molecule has 1 amide bonds. The van der Waals surface area contributed by atoms with E-state index in [0.717, 1.165) is 39.3 Å². The van der Waals surface area contributed by atoms with E-state index in [1.165, 1.54) is 19.3 Å². The Morgan fingerprint density at radius 2 is 1.74 bits per heavy atom. The molecule has 0 bridgehead atoms. The van der Waals surface area contributed by atoms with Gasteiger partial charge in [-0.15, -0.1) is 0 Å². The summed E-state index contributed by atoms with van der Waals surface area (Å²) in [6.45, 7) is 4.21. The minimum absolute atomic E-state index is 0.0489. The smallest absolute Gasteiger partial charge is 0.346 e. The van der Waals surface area contributed by atoms with Crippen LogP contribution in [0, 0.1) is 0 Å². The number of carbonyl (C=O) groups excluding carboxylic acids is 1. The molecule has 2 fully saturated rings. The number of likely N-dealkylation sites (N-methyl/N-ethyl adjacent to an activating group) is 1. The third-order valence-electron chi connectivity index (χ3n) is 4.71. The highest BCUT2D eigenvalue weighted by Crippen LogP contribution is 2.17. The Balaban J connectivity index is 1.64. The van der Waals surface area contributed by atoms with Crippen LogP contribution >= 0.6 is 0 Å². The number of alkyl halides is 3. The number of piperazine rings is 1. The lowest BCUT2D eigenvalue weighted by atomic mass is 10.0. The topological polar surface area (TPSA) is 38.8 Å². The van der Waals surface area contributed by atoms with E-state index < -0.39 is 18.6 Å². The predicted octanol–water partition coefficient (Wildman–Crippen LogP) is 0.767. The van der Waals surface area contributed by atoms with Crippen LogP contribution in [0.25, 0.3) is 0 Å². The summed E-state index contributed by atoms with van der Waals surface area (Å²) in [6.07, 6.45) is -0.556. The van der Waals surface area contributed by atoms with Gasteiger partial charge < -0.3 is 10.2 Å². The van der Waals surface area contributed by atoms with E-state index in [2.05, 4.69) is 16.8 Å². The summed E-state index contributed by atoms with van der Waals surface area (Å²) in [5.41, 5.74) is 0. The number of hydrogen-bond acceptors (Lipinski definition) is 4. The van der Waals surface area contributed by atoms with Crippen LogP contribution in [0.4, 0.5) is 13.2 Å². The molecule has 1 atom stereocenters. The van der Waals surface area contributed by atoms with Crippen LogP contribution < -0.4 is 5.32 Å². The molecule has 0 radical (unpaired) electrons. The summed E-state index contributed by atoms with van der Waals surface area (Å²) < 4.78 is 36.2. The Kier molecular flexibility index (Phi) is 6.67. The largest absolute Gasteiger partial charge is 0.405 e. The normalized spacial score (nSPS) is 25.5. The number of likely N-dealkylation sites (tertiary alicyclic amines) is 1. The molecule has 1 unspecified atom stereocenters. The molecule has 8 heteroatoms. The molecule has 0 aromatic heterocycles. The van der Waals surface area contributed by atoms with E-state index in [1.807, 2.05) is 10.2 Å². The number of piperidine rings is 1. The fourth-order valence-electron chi connectivity index (χ4n) is 3.26. The number of halogens is 3. The van der Waals surface area contributed by atoms with Gasteiger partial charge in [-0.1, -0.05) is 6.42 Å². The molecule has 2 aliphatic rings. The quantitative estimate of drug-likeness (QED) is 0.805. The van der Waals surface area contributed by atoms with Crippen LogP contribution in [0.5, 0.6) is 0 Å². The first kappa shape index (κ1) is 18.5. The van der Waals surface area contributed by atoms with Gasteiger partial charge >= 0.3 is 6.18 Å². The average molecular weight is 336 g/mol. The van der Waals surface area contributed by atoms with Crippen molar-refractivity contribution in [3.8, 4) is 0 Å². The molecule has 2 saturated heterocycles. The molecule has 0 spiro atoms. The maximum Gasteiger partial charge on any atom is 0.405 e. The molecular weight excluding hydrogens is 309 g/mol. The number of hydrogen-bond donors (Lipinski definition) is 1. The first-order valence-electron chi connectivity index (χ1n) is 8.32. The maximum absolute atomic E-state index is 12.1. The molecule has 0 aliphatic carbocycles. The second-order valence-electron chi connectivity index (χ2n) is 6.60. The van der Waals surface area contributed by atoms with Crippen LogP contribution in [-0.4, -0.2) is 92.2 Å². The van der Waals surface area contributed by atoms with Gasteiger partial charge in [0, 0.05) is 38.8 Å². The highest BCUT2D eigenvalue weighted by Gasteiger charge is 2.29. The molecule has 23 heavy (non-hydrogen) atoms. The molecule has 5 nitrogen and oxygen atoms in total. The molecule has 0 aromatic rings. The van der Waals surface area contributed by atoms with Crippen molar-refractivity contribution in [1.82, 2.24) is 20.0 Å². The predicted molar refractivity (Wildman–Crippen MR) is 82.2 cm³/mol. The molecule has 134 valence electrons. The number of carbonyl (C=O) groups is 1. The van der Waals surface area contributed by atoms with Crippen LogP contribution in [0.2, 0.25) is 0 Å². The minimum atomic E-state index is -4.35. The third kappa shape index (κ3) is 6.64. The Labute approximate surface area is 135 Å². The first-order valence-corrected chi connectivity index (χ1v) is 8.32. The lowest BCUT2D eigenvalue weighted by Gasteiger charge is -2.40. The molecule has 2 rings (SSSR count). The third-order valence-corrected chi connectivity index (χ3v) is 4.71. The van der Waals surface area contributed by atoms with Crippen molar-refractivity contribution in [3.05, 3.63) is 0 Å². The summed E-state index contributed by atoms with van der Waals surface area (Å²) >= 11 is 0. The highest BCUT2D eigenvalue weighted by atomic mass is 19.4. The van der Waals surface area contributed by atoms with Gasteiger partial charge in [0.05, 0.1) is 6.54 Å². The van der Waals surface area contributed by atoms with Gasteiger partial charge in [-0.2, -0.15) is 13.2 Å². The summed E-state index contributed by atoms with van der Waals surface area (Å²) in [5, 5.41) is 1.93. The number of amides is 1. The van der Waals surface area contributed by atoms with E-state index >= 15 is 0 Å². The number of nitrogens with zero attached hydrogens (tertiary/aromatic N) is 3. The molecule has 0 saturated carbocycles. The molecular formula is C15H27F3N4O. The van der Waals surface area contributed by atoms with Gasteiger partial charge in [0.1, 0.15) is 6.54 Å². The number of nitrogens with one attached hydrogen (secondary N) is 1. The Bertz CT molecular complexity index is 383. The average Bonchev–Trinajstić information content (AvgIpc) is 2.49. The second-order valence-corrected chi connectivity index (χ2v) is 6.60. The SMILES string of the molecule is CN1CCCCC1CN1CCN(CC(=O)NCC(F)(F)F)CC1. The van der Waals surface area contributed by atoms with Crippen molar-refractivity contribution in [1.29, 1.82) is 0 Å². The summed E-state index contributed by atoms with van der Waals surface area (Å²) in [5.74, 6) is -0.553. The fraction of sp³-hybridized carbons (Fsp3) is 0.933. The summed E-state index contributed by atoms with van der Waals surface area (Å²) in [4.78, 5) is 18.3. The van der Waals surface area contributed by atoms with Crippen molar-refractivity contribution < 1.29 is 18.0 Å². The zero-order valence-electron chi connectivity index (χ0n) is 13.7. The Hall–Kier alpha value is -0.860. The maximum atomic E-state index is 12.1. The Morgan fingerprint density at radius 1 is 1.09 bits per heavy atom. The summed E-state index contributed by atoms with van der Waals surface area (Å²) in [7, 11) is 2.17. The standard InChI is InChI=1S/C15H27F3N4O/c1-20-5-3-2-4-13(20)10-21-6-8-22(9-7-21)11-14(23)19-12-15(16,17)18/h13H,2-12H2,1H3,(H,19,23). The van der Waals surface area contributed by atoms with Crippen molar-refractivity contribution in [2.45, 2.75) is 31.5 Å². The molecule has 0 aromatic carbocycles. The fourth-order valence-corrected chi connectivity index (χ4v) is 3.26. The van der Waals surface area contributed by atoms with E-state index in [9.17, 15) is 18.0 Å². The minimum Gasteiger partial charge on any atom is -0.346 e. The lowest BCUT2D eigenvalue weighted by Crippen LogP contribution is -2.53. The van der Waals surface area contributed by atoms with Crippen LogP contribution in [0.3, 0.4) is 0 Å². The molecule has 2 aliphatic heterocycles. The van der Waals surface area contributed by atoms with Gasteiger partial charge in [-0.3, -0.25) is 14.6 Å². The highest BCUT2D eigenvalue weighted by molar-refractivity contribution is 5.78. The zero-order valence-corrected chi connectivity index (χ0v) is 13.7. The van der Waals surface area contributed by atoms with E-state index in [1.54, 1.807) is 0 Å². The summed E-state index contributed by atoms with van der Waals surface area (Å²) in [6, 6.07) is 0.602.